The van der Waals surface area contributed by atoms with Gasteiger partial charge in [0, 0.05) is 23.5 Å². The molecule has 2 heterocycles. The van der Waals surface area contributed by atoms with E-state index in [0.29, 0.717) is 22.6 Å². The number of rotatable bonds is 7. The number of pyridine rings is 1. The maximum Gasteiger partial charge on any atom is 0.344 e. The van der Waals surface area contributed by atoms with Gasteiger partial charge in [0.2, 0.25) is 0 Å². The number of fused-ring (bicyclic) bond motifs is 1. The zero-order valence-corrected chi connectivity index (χ0v) is 16.4. The molecule has 0 unspecified atom stereocenters. The molecule has 0 aliphatic heterocycles. The Labute approximate surface area is 173 Å². The first kappa shape index (κ1) is 19.4. The van der Waals surface area contributed by atoms with Crippen LogP contribution in [0.4, 0.5) is 0 Å². The fourth-order valence-corrected chi connectivity index (χ4v) is 3.02. The van der Waals surface area contributed by atoms with Crippen molar-refractivity contribution < 1.29 is 19.1 Å². The first-order valence-corrected chi connectivity index (χ1v) is 9.51. The van der Waals surface area contributed by atoms with Crippen LogP contribution in [0, 0.1) is 6.92 Å². The van der Waals surface area contributed by atoms with Crippen molar-refractivity contribution in [2.75, 3.05) is 6.61 Å². The van der Waals surface area contributed by atoms with Crippen LogP contribution >= 0.6 is 0 Å². The van der Waals surface area contributed by atoms with Crippen molar-refractivity contribution in [3.05, 3.63) is 102 Å². The predicted molar refractivity (Wildman–Crippen MR) is 112 cm³/mol. The second-order valence-electron chi connectivity index (χ2n) is 6.87. The number of benzene rings is 2. The van der Waals surface area contributed by atoms with Crippen molar-refractivity contribution in [1.29, 1.82) is 0 Å². The van der Waals surface area contributed by atoms with Crippen LogP contribution in [-0.4, -0.2) is 27.7 Å². The average Bonchev–Trinajstić information content (AvgIpc) is 3.19. The Morgan fingerprint density at radius 1 is 0.900 bits per heavy atom. The van der Waals surface area contributed by atoms with E-state index in [9.17, 15) is 9.59 Å². The minimum Gasteiger partial charge on any atom is -0.482 e. The Hall–Kier alpha value is -3.93. The maximum absolute atomic E-state index is 12.4. The van der Waals surface area contributed by atoms with E-state index in [2.05, 4.69) is 4.98 Å². The number of imidazole rings is 1. The lowest BCUT2D eigenvalue weighted by Gasteiger charge is -2.07. The highest BCUT2D eigenvalue weighted by atomic mass is 16.6. The number of carbonyl (C=O) groups is 2. The van der Waals surface area contributed by atoms with Gasteiger partial charge in [0.15, 0.2) is 12.4 Å². The molecule has 0 radical (unpaired) electrons. The highest BCUT2D eigenvalue weighted by molar-refractivity contribution is 6.08. The Balaban J connectivity index is 1.28. The Kier molecular flexibility index (Phi) is 5.57. The lowest BCUT2D eigenvalue weighted by molar-refractivity contribution is -0.147. The number of aryl methyl sites for hydroxylation is 1. The molecule has 0 saturated carbocycles. The van der Waals surface area contributed by atoms with Gasteiger partial charge in [0.05, 0.1) is 5.69 Å². The average molecular weight is 400 g/mol. The molecule has 2 aromatic carbocycles. The zero-order valence-electron chi connectivity index (χ0n) is 16.4. The summed E-state index contributed by atoms with van der Waals surface area (Å²) >= 11 is 0. The SMILES string of the molecule is Cc1ccc2nc(COC(=O)COc3ccc(C(=O)c4ccccc4)cc3)cn2c1. The second-order valence-corrected chi connectivity index (χ2v) is 6.87. The van der Waals surface area contributed by atoms with Gasteiger partial charge in [-0.25, -0.2) is 9.78 Å². The Morgan fingerprint density at radius 2 is 1.63 bits per heavy atom. The first-order chi connectivity index (χ1) is 14.6. The molecule has 0 fully saturated rings. The van der Waals surface area contributed by atoms with E-state index >= 15 is 0 Å². The lowest BCUT2D eigenvalue weighted by Crippen LogP contribution is -2.15. The van der Waals surface area contributed by atoms with E-state index in [-0.39, 0.29) is 19.0 Å². The summed E-state index contributed by atoms with van der Waals surface area (Å²) in [7, 11) is 0. The normalized spacial score (nSPS) is 10.7. The van der Waals surface area contributed by atoms with E-state index in [1.54, 1.807) is 36.4 Å². The molecule has 4 aromatic rings. The molecule has 0 N–H and O–H groups in total. The molecule has 30 heavy (non-hydrogen) atoms. The largest absolute Gasteiger partial charge is 0.482 e. The van der Waals surface area contributed by atoms with Crippen LogP contribution < -0.4 is 4.74 Å². The number of carbonyl (C=O) groups excluding carboxylic acids is 2. The van der Waals surface area contributed by atoms with E-state index in [1.807, 2.05) is 54.0 Å². The van der Waals surface area contributed by atoms with Crippen LogP contribution in [0.2, 0.25) is 0 Å². The molecule has 4 rings (SSSR count). The molecule has 6 heteroatoms. The van der Waals surface area contributed by atoms with Crippen LogP contribution in [-0.2, 0) is 16.1 Å². The molecule has 0 aliphatic rings. The summed E-state index contributed by atoms with van der Waals surface area (Å²) in [6.45, 7) is 1.85. The maximum atomic E-state index is 12.4. The summed E-state index contributed by atoms with van der Waals surface area (Å²) in [6.07, 6.45) is 3.79. The molecule has 0 spiro atoms. The topological polar surface area (TPSA) is 69.9 Å². The lowest BCUT2D eigenvalue weighted by atomic mass is 10.0. The van der Waals surface area contributed by atoms with Crippen molar-refractivity contribution in [3.8, 4) is 5.75 Å². The molecular formula is C24H20N2O4. The van der Waals surface area contributed by atoms with E-state index < -0.39 is 5.97 Å². The summed E-state index contributed by atoms with van der Waals surface area (Å²) in [5.74, 6) is -0.0725. The van der Waals surface area contributed by atoms with Crippen molar-refractivity contribution in [2.24, 2.45) is 0 Å². The van der Waals surface area contributed by atoms with Gasteiger partial charge in [-0.1, -0.05) is 36.4 Å². The highest BCUT2D eigenvalue weighted by Crippen LogP contribution is 2.16. The third kappa shape index (κ3) is 4.55. The molecule has 150 valence electrons. The number of nitrogens with zero attached hydrogens (tertiary/aromatic N) is 2. The van der Waals surface area contributed by atoms with Crippen LogP contribution in [0.5, 0.6) is 5.75 Å². The van der Waals surface area contributed by atoms with Gasteiger partial charge >= 0.3 is 5.97 Å². The van der Waals surface area contributed by atoms with Gasteiger partial charge in [-0.2, -0.15) is 0 Å². The third-order valence-corrected chi connectivity index (χ3v) is 4.54. The number of hydrogen-bond acceptors (Lipinski definition) is 5. The van der Waals surface area contributed by atoms with Gasteiger partial charge in [0.25, 0.3) is 0 Å². The third-order valence-electron chi connectivity index (χ3n) is 4.54. The number of hydrogen-bond donors (Lipinski definition) is 0. The molecule has 0 atom stereocenters. The fraction of sp³-hybridized carbons (Fsp3) is 0.125. The van der Waals surface area contributed by atoms with Gasteiger partial charge in [-0.15, -0.1) is 0 Å². The number of esters is 1. The molecule has 6 nitrogen and oxygen atoms in total. The van der Waals surface area contributed by atoms with Gasteiger partial charge < -0.3 is 13.9 Å². The van der Waals surface area contributed by atoms with E-state index in [1.165, 1.54) is 0 Å². The standard InChI is InChI=1S/C24H20N2O4/c1-17-7-12-22-25-20(14-26(22)13-17)15-30-23(27)16-29-21-10-8-19(9-11-21)24(28)18-5-3-2-4-6-18/h2-14H,15-16H2,1H3. The number of aromatic nitrogens is 2. The van der Waals surface area contributed by atoms with Crippen molar-refractivity contribution >= 4 is 17.4 Å². The minimum absolute atomic E-state index is 0.0655. The Bertz CT molecular complexity index is 1180. The van der Waals surface area contributed by atoms with Gasteiger partial charge in [0.1, 0.15) is 18.0 Å². The smallest absolute Gasteiger partial charge is 0.344 e. The summed E-state index contributed by atoms with van der Waals surface area (Å²) in [5, 5.41) is 0. The number of ether oxygens (including phenoxy) is 2. The van der Waals surface area contributed by atoms with Crippen molar-refractivity contribution in [1.82, 2.24) is 9.38 Å². The molecule has 2 aromatic heterocycles. The number of ketones is 1. The summed E-state index contributed by atoms with van der Waals surface area (Å²) in [5.41, 5.74) is 3.76. The van der Waals surface area contributed by atoms with Gasteiger partial charge in [-0.05, 0) is 42.8 Å². The van der Waals surface area contributed by atoms with Crippen molar-refractivity contribution in [2.45, 2.75) is 13.5 Å². The van der Waals surface area contributed by atoms with Crippen molar-refractivity contribution in [3.63, 3.8) is 0 Å². The summed E-state index contributed by atoms with van der Waals surface area (Å²) in [6, 6.07) is 19.6. The molecule has 0 bridgehead atoms. The van der Waals surface area contributed by atoms with Crippen LogP contribution in [0.1, 0.15) is 27.2 Å². The van der Waals surface area contributed by atoms with Gasteiger partial charge in [-0.3, -0.25) is 4.79 Å². The molecule has 0 amide bonds. The van der Waals surface area contributed by atoms with Crippen LogP contribution in [0.3, 0.4) is 0 Å². The Morgan fingerprint density at radius 3 is 2.40 bits per heavy atom. The summed E-state index contributed by atoms with van der Waals surface area (Å²) < 4.78 is 12.6. The van der Waals surface area contributed by atoms with E-state index in [4.69, 9.17) is 9.47 Å². The predicted octanol–water partition coefficient (Wildman–Crippen LogP) is 4.00. The molecule has 0 saturated heterocycles. The monoisotopic (exact) mass is 400 g/mol. The second kappa shape index (κ2) is 8.61. The minimum atomic E-state index is -0.493. The van der Waals surface area contributed by atoms with Crippen LogP contribution in [0.15, 0.2) is 79.1 Å². The van der Waals surface area contributed by atoms with Crippen LogP contribution in [0.25, 0.3) is 5.65 Å². The molecule has 0 aliphatic carbocycles. The highest BCUT2D eigenvalue weighted by Gasteiger charge is 2.10. The fourth-order valence-electron chi connectivity index (χ4n) is 3.02. The summed E-state index contributed by atoms with van der Waals surface area (Å²) in [4.78, 5) is 28.8. The van der Waals surface area contributed by atoms with E-state index in [0.717, 1.165) is 11.2 Å². The molecular weight excluding hydrogens is 380 g/mol. The first-order valence-electron chi connectivity index (χ1n) is 9.51. The quantitative estimate of drug-likeness (QED) is 0.346. The zero-order chi connectivity index (χ0) is 20.9.